The molecule has 1 fully saturated rings. The van der Waals surface area contributed by atoms with Gasteiger partial charge in [-0.3, -0.25) is 9.10 Å². The predicted octanol–water partition coefficient (Wildman–Crippen LogP) is 5.15. The van der Waals surface area contributed by atoms with E-state index in [1.165, 1.54) is 37.1 Å². The highest BCUT2D eigenvalue weighted by Gasteiger charge is 2.29. The number of carbonyl (C=O) groups is 1. The minimum absolute atomic E-state index is 0.107. The maximum absolute atomic E-state index is 13.7. The molecule has 1 aliphatic rings. The summed E-state index contributed by atoms with van der Waals surface area (Å²) in [7, 11) is -4.02. The van der Waals surface area contributed by atoms with Gasteiger partial charge in [0.15, 0.2) is 0 Å². The van der Waals surface area contributed by atoms with Crippen molar-refractivity contribution in [3.05, 3.63) is 84.4 Å². The van der Waals surface area contributed by atoms with Gasteiger partial charge in [-0.2, -0.15) is 0 Å². The van der Waals surface area contributed by atoms with Crippen LogP contribution in [0.4, 0.5) is 11.4 Å². The van der Waals surface area contributed by atoms with E-state index in [9.17, 15) is 13.2 Å². The van der Waals surface area contributed by atoms with Gasteiger partial charge in [-0.25, -0.2) is 8.42 Å². The Labute approximate surface area is 220 Å². The largest absolute Gasteiger partial charge is 0.492 e. The second-order valence-corrected chi connectivity index (χ2v) is 11.0. The lowest BCUT2D eigenvalue weighted by molar-refractivity contribution is -0.120. The van der Waals surface area contributed by atoms with Crippen LogP contribution < -0.4 is 19.3 Å². The van der Waals surface area contributed by atoms with E-state index in [1.54, 1.807) is 42.5 Å². The van der Waals surface area contributed by atoms with Crippen LogP contribution in [0.25, 0.3) is 0 Å². The molecule has 0 bridgehead atoms. The number of benzene rings is 3. The number of anilines is 2. The van der Waals surface area contributed by atoms with Crippen molar-refractivity contribution >= 4 is 27.3 Å². The average Bonchev–Trinajstić information content (AvgIpc) is 2.93. The summed E-state index contributed by atoms with van der Waals surface area (Å²) in [4.78, 5) is 15.7. The molecule has 0 saturated carbocycles. The van der Waals surface area contributed by atoms with Crippen molar-refractivity contribution in [1.29, 1.82) is 0 Å². The Kier molecular flexibility index (Phi) is 8.71. The van der Waals surface area contributed by atoms with Gasteiger partial charge < -0.3 is 15.0 Å². The van der Waals surface area contributed by atoms with Crippen molar-refractivity contribution < 1.29 is 17.9 Å². The number of hydrogen-bond donors (Lipinski definition) is 1. The van der Waals surface area contributed by atoms with Crippen molar-refractivity contribution in [3.8, 4) is 5.75 Å². The molecule has 3 aromatic carbocycles. The average molecular weight is 522 g/mol. The van der Waals surface area contributed by atoms with Gasteiger partial charge in [0.25, 0.3) is 10.0 Å². The van der Waals surface area contributed by atoms with E-state index >= 15 is 0 Å². The third-order valence-electron chi connectivity index (χ3n) is 6.54. The number of ether oxygens (including phenoxy) is 1. The Morgan fingerprint density at radius 2 is 1.59 bits per heavy atom. The van der Waals surface area contributed by atoms with Gasteiger partial charge in [-0.15, -0.1) is 0 Å². The number of amides is 1. The fraction of sp³-hybridized carbons (Fsp3) is 0.345. The molecular formula is C29H35N3O4S. The van der Waals surface area contributed by atoms with E-state index in [1.807, 2.05) is 26.0 Å². The van der Waals surface area contributed by atoms with Crippen molar-refractivity contribution in [2.24, 2.45) is 0 Å². The number of carbonyl (C=O) groups excluding carboxylic acids is 1. The molecule has 1 atom stereocenters. The fourth-order valence-electron chi connectivity index (χ4n) is 4.59. The van der Waals surface area contributed by atoms with Crippen LogP contribution in [0.3, 0.4) is 0 Å². The molecule has 1 N–H and O–H groups in total. The second-order valence-electron chi connectivity index (χ2n) is 9.15. The normalized spacial score (nSPS) is 14.6. The minimum atomic E-state index is -4.02. The van der Waals surface area contributed by atoms with Gasteiger partial charge in [0.2, 0.25) is 5.91 Å². The summed E-state index contributed by atoms with van der Waals surface area (Å²) >= 11 is 0. The number of nitrogens with zero attached hydrogens (tertiary/aromatic N) is 2. The highest BCUT2D eigenvalue weighted by Crippen LogP contribution is 2.32. The first-order chi connectivity index (χ1) is 17.9. The predicted molar refractivity (Wildman–Crippen MR) is 148 cm³/mol. The molecule has 7 nitrogen and oxygen atoms in total. The summed E-state index contributed by atoms with van der Waals surface area (Å²) in [6.07, 6.45) is 3.70. The van der Waals surface area contributed by atoms with E-state index in [0.29, 0.717) is 18.0 Å². The molecule has 1 amide bonds. The highest BCUT2D eigenvalue weighted by atomic mass is 32.2. The molecule has 8 heteroatoms. The van der Waals surface area contributed by atoms with E-state index in [4.69, 9.17) is 4.74 Å². The maximum atomic E-state index is 13.7. The molecule has 1 saturated heterocycles. The minimum Gasteiger partial charge on any atom is -0.492 e. The summed E-state index contributed by atoms with van der Waals surface area (Å²) in [6.45, 7) is 5.86. The van der Waals surface area contributed by atoms with Gasteiger partial charge in [-0.05, 0) is 75.1 Å². The molecule has 37 heavy (non-hydrogen) atoms. The Morgan fingerprint density at radius 3 is 2.27 bits per heavy atom. The van der Waals surface area contributed by atoms with Crippen molar-refractivity contribution in [2.75, 3.05) is 35.4 Å². The summed E-state index contributed by atoms with van der Waals surface area (Å²) in [5, 5.41) is 2.97. The first-order valence-corrected chi connectivity index (χ1v) is 14.3. The molecule has 0 spiro atoms. The lowest BCUT2D eigenvalue weighted by atomic mass is 10.1. The molecule has 1 unspecified atom stereocenters. The Balaban J connectivity index is 1.54. The van der Waals surface area contributed by atoms with Gasteiger partial charge in [-0.1, -0.05) is 42.5 Å². The maximum Gasteiger partial charge on any atom is 0.264 e. The molecule has 1 aliphatic heterocycles. The molecule has 4 rings (SSSR count). The molecule has 0 aliphatic carbocycles. The van der Waals surface area contributed by atoms with E-state index in [2.05, 4.69) is 22.3 Å². The molecule has 1 heterocycles. The number of rotatable bonds is 10. The second kappa shape index (κ2) is 12.1. The topological polar surface area (TPSA) is 79.0 Å². The third kappa shape index (κ3) is 6.43. The van der Waals surface area contributed by atoms with E-state index in [0.717, 1.165) is 23.0 Å². The van der Waals surface area contributed by atoms with Crippen LogP contribution in [0.1, 0.15) is 44.7 Å². The Hall–Kier alpha value is -3.52. The quantitative estimate of drug-likeness (QED) is 0.399. The molecular weight excluding hydrogens is 486 g/mol. The third-order valence-corrected chi connectivity index (χ3v) is 8.32. The standard InChI is InChI=1S/C29H35N3O4S/c1-3-36-28-15-9-8-14-27(28)32(37(34,35)26-12-6-4-7-13-26)22-29(33)30-23(2)24-16-18-25(19-17-24)31-20-10-5-11-21-31/h4,6-9,12-19,23H,3,5,10-11,20-22H2,1-2H3,(H,30,33). The Bertz CT molecular complexity index is 1270. The molecule has 0 radical (unpaired) electrons. The van der Waals surface area contributed by atoms with Gasteiger partial charge in [0.05, 0.1) is 23.2 Å². The van der Waals surface area contributed by atoms with Crippen LogP contribution in [0, 0.1) is 0 Å². The van der Waals surface area contributed by atoms with Crippen LogP contribution in [0.2, 0.25) is 0 Å². The first kappa shape index (κ1) is 26.5. The van der Waals surface area contributed by atoms with Gasteiger partial charge >= 0.3 is 0 Å². The number of nitrogens with one attached hydrogen (secondary N) is 1. The molecule has 196 valence electrons. The number of piperidine rings is 1. The number of para-hydroxylation sites is 2. The van der Waals surface area contributed by atoms with Crippen molar-refractivity contribution in [3.63, 3.8) is 0 Å². The first-order valence-electron chi connectivity index (χ1n) is 12.8. The van der Waals surface area contributed by atoms with E-state index < -0.39 is 15.9 Å². The van der Waals surface area contributed by atoms with Crippen LogP contribution in [0.15, 0.2) is 83.8 Å². The lowest BCUT2D eigenvalue weighted by Gasteiger charge is -2.29. The molecule has 3 aromatic rings. The monoisotopic (exact) mass is 521 g/mol. The van der Waals surface area contributed by atoms with E-state index in [-0.39, 0.29) is 17.5 Å². The zero-order valence-corrected chi connectivity index (χ0v) is 22.3. The van der Waals surface area contributed by atoms with Crippen molar-refractivity contribution in [1.82, 2.24) is 5.32 Å². The summed E-state index contributed by atoms with van der Waals surface area (Å²) in [6, 6.07) is 22.9. The summed E-state index contributed by atoms with van der Waals surface area (Å²) < 4.78 is 34.1. The zero-order chi connectivity index (χ0) is 26.3. The van der Waals surface area contributed by atoms with Gasteiger partial charge in [0, 0.05) is 18.8 Å². The van der Waals surface area contributed by atoms with Crippen LogP contribution in [-0.2, 0) is 14.8 Å². The number of hydrogen-bond acceptors (Lipinski definition) is 5. The van der Waals surface area contributed by atoms with Crippen LogP contribution >= 0.6 is 0 Å². The summed E-state index contributed by atoms with van der Waals surface area (Å²) in [5.41, 5.74) is 2.47. The van der Waals surface area contributed by atoms with Crippen LogP contribution in [0.5, 0.6) is 5.75 Å². The fourth-order valence-corrected chi connectivity index (χ4v) is 6.04. The summed E-state index contributed by atoms with van der Waals surface area (Å²) in [5.74, 6) is -0.00271. The lowest BCUT2D eigenvalue weighted by Crippen LogP contribution is -2.41. The van der Waals surface area contributed by atoms with Gasteiger partial charge in [0.1, 0.15) is 12.3 Å². The SMILES string of the molecule is CCOc1ccccc1N(CC(=O)NC(C)c1ccc(N2CCCCC2)cc1)S(=O)(=O)c1ccccc1. The van der Waals surface area contributed by atoms with Crippen molar-refractivity contribution in [2.45, 2.75) is 44.0 Å². The van der Waals surface area contributed by atoms with Crippen LogP contribution in [-0.4, -0.2) is 40.6 Å². The number of sulfonamides is 1. The zero-order valence-electron chi connectivity index (χ0n) is 21.5. The highest BCUT2D eigenvalue weighted by molar-refractivity contribution is 7.92. The smallest absolute Gasteiger partial charge is 0.264 e. The molecule has 0 aromatic heterocycles. The Morgan fingerprint density at radius 1 is 0.946 bits per heavy atom.